The number of alkyl halides is 5. The molecule has 2 N–H and O–H groups in total. The van der Waals surface area contributed by atoms with Gasteiger partial charge < -0.3 is 15.4 Å². The molecule has 1 unspecified atom stereocenters. The first kappa shape index (κ1) is 21.5. The van der Waals surface area contributed by atoms with Gasteiger partial charge >= 0.3 is 12.8 Å². The molecule has 1 amide bonds. The van der Waals surface area contributed by atoms with Crippen molar-refractivity contribution in [3.05, 3.63) is 34.5 Å². The van der Waals surface area contributed by atoms with Crippen LogP contribution in [0.4, 0.5) is 22.0 Å². The van der Waals surface area contributed by atoms with Crippen molar-refractivity contribution < 1.29 is 31.5 Å². The number of ether oxygens (including phenoxy) is 1. The molecular formula is C18H17ClF5N3O2. The molecule has 2 aromatic rings. The molecule has 0 aliphatic carbocycles. The molecule has 5 nitrogen and oxygen atoms in total. The van der Waals surface area contributed by atoms with Crippen LogP contribution >= 0.6 is 11.6 Å². The van der Waals surface area contributed by atoms with Gasteiger partial charge in [-0.05, 0) is 37.6 Å². The monoisotopic (exact) mass is 437 g/mol. The molecule has 1 aromatic heterocycles. The standard InChI is InChI=1S/C18H17ClF5N3O2/c19-13-7-14(16(28)26-8-9-3-1-2-4-25-9)27-15-11(13)5-10(29-17(20)21)6-12(15)18(22,23)24/h5-7,9,17,25H,1-4,8H2,(H,26,28). The summed E-state index contributed by atoms with van der Waals surface area (Å²) >= 11 is 6.04. The number of benzene rings is 1. The van der Waals surface area contributed by atoms with Crippen LogP contribution in [0.5, 0.6) is 5.75 Å². The third kappa shape index (κ3) is 5.24. The maximum absolute atomic E-state index is 13.5. The lowest BCUT2D eigenvalue weighted by Gasteiger charge is -2.23. The number of rotatable bonds is 5. The maximum atomic E-state index is 13.5. The Morgan fingerprint density at radius 3 is 2.69 bits per heavy atom. The number of aromatic nitrogens is 1. The number of amides is 1. The van der Waals surface area contributed by atoms with Gasteiger partial charge in [0.2, 0.25) is 0 Å². The number of hydrogen-bond donors (Lipinski definition) is 2. The highest BCUT2D eigenvalue weighted by Crippen LogP contribution is 2.39. The summed E-state index contributed by atoms with van der Waals surface area (Å²) in [7, 11) is 0. The van der Waals surface area contributed by atoms with E-state index in [4.69, 9.17) is 11.6 Å². The molecule has 0 bridgehead atoms. The van der Waals surface area contributed by atoms with E-state index in [1.165, 1.54) is 0 Å². The molecule has 1 aliphatic rings. The van der Waals surface area contributed by atoms with Crippen LogP contribution in [-0.2, 0) is 6.18 Å². The van der Waals surface area contributed by atoms with Crippen LogP contribution in [0.2, 0.25) is 5.02 Å². The van der Waals surface area contributed by atoms with Gasteiger partial charge in [-0.15, -0.1) is 0 Å². The lowest BCUT2D eigenvalue weighted by molar-refractivity contribution is -0.136. The second-order valence-corrected chi connectivity index (χ2v) is 7.00. The highest BCUT2D eigenvalue weighted by atomic mass is 35.5. The zero-order chi connectivity index (χ0) is 21.2. The predicted molar refractivity (Wildman–Crippen MR) is 96.4 cm³/mol. The van der Waals surface area contributed by atoms with Crippen LogP contribution in [0.3, 0.4) is 0 Å². The van der Waals surface area contributed by atoms with E-state index >= 15 is 0 Å². The van der Waals surface area contributed by atoms with Crippen LogP contribution in [0.25, 0.3) is 10.9 Å². The van der Waals surface area contributed by atoms with Crippen LogP contribution in [0.15, 0.2) is 18.2 Å². The van der Waals surface area contributed by atoms with Gasteiger partial charge in [-0.1, -0.05) is 18.0 Å². The second kappa shape index (κ2) is 8.66. The third-order valence-corrected chi connectivity index (χ3v) is 4.83. The largest absolute Gasteiger partial charge is 0.435 e. The van der Waals surface area contributed by atoms with Gasteiger partial charge in [-0.3, -0.25) is 4.79 Å². The summed E-state index contributed by atoms with van der Waals surface area (Å²) in [6.45, 7) is -2.18. The van der Waals surface area contributed by atoms with E-state index in [0.29, 0.717) is 12.6 Å². The van der Waals surface area contributed by atoms with E-state index in [2.05, 4.69) is 20.4 Å². The van der Waals surface area contributed by atoms with Gasteiger partial charge in [-0.2, -0.15) is 22.0 Å². The SMILES string of the molecule is O=C(NCC1CCCCN1)c1cc(Cl)c2cc(OC(F)F)cc(C(F)(F)F)c2n1. The first-order valence-corrected chi connectivity index (χ1v) is 9.21. The molecule has 2 heterocycles. The van der Waals surface area contributed by atoms with Crippen molar-refractivity contribution >= 4 is 28.4 Å². The summed E-state index contributed by atoms with van der Waals surface area (Å²) in [4.78, 5) is 16.2. The highest BCUT2D eigenvalue weighted by molar-refractivity contribution is 6.35. The summed E-state index contributed by atoms with van der Waals surface area (Å²) in [5.74, 6) is -1.38. The number of hydrogen-bond acceptors (Lipinski definition) is 4. The van der Waals surface area contributed by atoms with E-state index in [1.807, 2.05) is 0 Å². The first-order valence-electron chi connectivity index (χ1n) is 8.83. The van der Waals surface area contributed by atoms with Gasteiger partial charge in [-0.25, -0.2) is 4.98 Å². The summed E-state index contributed by atoms with van der Waals surface area (Å²) in [5.41, 5.74) is -2.24. The van der Waals surface area contributed by atoms with Crippen LogP contribution < -0.4 is 15.4 Å². The number of carbonyl (C=O) groups is 1. The number of nitrogens with zero attached hydrogens (tertiary/aromatic N) is 1. The lowest BCUT2D eigenvalue weighted by atomic mass is 10.1. The summed E-state index contributed by atoms with van der Waals surface area (Å²) < 4.78 is 69.4. The fraction of sp³-hybridized carbons (Fsp3) is 0.444. The predicted octanol–water partition coefficient (Wildman–Crippen LogP) is 4.38. The van der Waals surface area contributed by atoms with E-state index in [1.54, 1.807) is 0 Å². The molecule has 1 fully saturated rings. The Labute approximate surface area is 167 Å². The van der Waals surface area contributed by atoms with Crippen LogP contribution in [0, 0.1) is 0 Å². The zero-order valence-corrected chi connectivity index (χ0v) is 15.7. The Hall–Kier alpha value is -2.20. The molecule has 3 rings (SSSR count). The van der Waals surface area contributed by atoms with Crippen molar-refractivity contribution in [2.45, 2.75) is 38.1 Å². The Bertz CT molecular complexity index is 901. The molecule has 0 saturated carbocycles. The molecular weight excluding hydrogens is 421 g/mol. The van der Waals surface area contributed by atoms with E-state index in [0.717, 1.165) is 37.9 Å². The molecule has 11 heteroatoms. The van der Waals surface area contributed by atoms with Crippen molar-refractivity contribution in [3.8, 4) is 5.75 Å². The number of pyridine rings is 1. The molecule has 1 saturated heterocycles. The van der Waals surface area contributed by atoms with Gasteiger partial charge in [0.05, 0.1) is 16.1 Å². The minimum atomic E-state index is -4.92. The summed E-state index contributed by atoms with van der Waals surface area (Å²) in [6.07, 6.45) is -1.98. The Morgan fingerprint density at radius 2 is 2.07 bits per heavy atom. The molecule has 1 aliphatic heterocycles. The minimum absolute atomic E-state index is 0.0726. The normalized spacial score (nSPS) is 17.6. The maximum Gasteiger partial charge on any atom is 0.418 e. The molecule has 1 aromatic carbocycles. The topological polar surface area (TPSA) is 63.2 Å². The van der Waals surface area contributed by atoms with E-state index in [9.17, 15) is 26.7 Å². The van der Waals surface area contributed by atoms with Gasteiger partial charge in [0.1, 0.15) is 11.4 Å². The fourth-order valence-electron chi connectivity index (χ4n) is 3.17. The van der Waals surface area contributed by atoms with Crippen LogP contribution in [0.1, 0.15) is 35.3 Å². The van der Waals surface area contributed by atoms with Crippen molar-refractivity contribution in [3.63, 3.8) is 0 Å². The second-order valence-electron chi connectivity index (χ2n) is 6.59. The van der Waals surface area contributed by atoms with E-state index < -0.39 is 35.5 Å². The van der Waals surface area contributed by atoms with Crippen LogP contribution in [-0.4, -0.2) is 36.6 Å². The lowest BCUT2D eigenvalue weighted by Crippen LogP contribution is -2.43. The van der Waals surface area contributed by atoms with E-state index in [-0.39, 0.29) is 22.1 Å². The first-order chi connectivity index (χ1) is 13.6. The molecule has 0 spiro atoms. The van der Waals surface area contributed by atoms with Crippen molar-refractivity contribution in [1.29, 1.82) is 0 Å². The summed E-state index contributed by atoms with van der Waals surface area (Å²) in [5, 5.41) is 5.38. The van der Waals surface area contributed by atoms with Gasteiger partial charge in [0.25, 0.3) is 5.91 Å². The molecule has 1 atom stereocenters. The average molecular weight is 438 g/mol. The van der Waals surface area contributed by atoms with Crippen molar-refractivity contribution in [2.75, 3.05) is 13.1 Å². The summed E-state index contributed by atoms with van der Waals surface area (Å²) in [6, 6.07) is 2.51. The number of carbonyl (C=O) groups excluding carboxylic acids is 1. The van der Waals surface area contributed by atoms with Gasteiger partial charge in [0.15, 0.2) is 0 Å². The quantitative estimate of drug-likeness (QED) is 0.681. The Kier molecular flexibility index (Phi) is 6.42. The zero-order valence-electron chi connectivity index (χ0n) is 15.0. The van der Waals surface area contributed by atoms with Crippen molar-refractivity contribution in [1.82, 2.24) is 15.6 Å². The molecule has 0 radical (unpaired) electrons. The van der Waals surface area contributed by atoms with Crippen molar-refractivity contribution in [2.24, 2.45) is 0 Å². The number of fused-ring (bicyclic) bond motifs is 1. The fourth-order valence-corrected chi connectivity index (χ4v) is 3.42. The average Bonchev–Trinajstić information content (AvgIpc) is 2.65. The number of piperidine rings is 1. The Morgan fingerprint density at radius 1 is 1.31 bits per heavy atom. The smallest absolute Gasteiger partial charge is 0.418 e. The molecule has 158 valence electrons. The third-order valence-electron chi connectivity index (χ3n) is 4.52. The highest BCUT2D eigenvalue weighted by Gasteiger charge is 2.35. The van der Waals surface area contributed by atoms with Gasteiger partial charge in [0, 0.05) is 18.0 Å². The number of halogens is 6. The molecule has 29 heavy (non-hydrogen) atoms. The Balaban J connectivity index is 1.94. The number of nitrogens with one attached hydrogen (secondary N) is 2. The minimum Gasteiger partial charge on any atom is -0.435 e.